The van der Waals surface area contributed by atoms with Gasteiger partial charge in [-0.3, -0.25) is 4.79 Å². The Hall–Kier alpha value is -1.85. The minimum Gasteiger partial charge on any atom is -0.480 e. The van der Waals surface area contributed by atoms with Crippen LogP contribution >= 0.6 is 0 Å². The van der Waals surface area contributed by atoms with Crippen LogP contribution in [0.3, 0.4) is 0 Å². The van der Waals surface area contributed by atoms with E-state index in [4.69, 9.17) is 5.11 Å². The first kappa shape index (κ1) is 13.2. The lowest BCUT2D eigenvalue weighted by Gasteiger charge is -2.12. The second-order valence-electron chi connectivity index (χ2n) is 3.93. The van der Waals surface area contributed by atoms with Gasteiger partial charge in [0.15, 0.2) is 0 Å². The standard InChI is InChI=1S/C11H17N3O3/c1-3-4-5-8(11(16)17)13-10(15)9-6-14(2)7-12-9/h6-8H,3-5H2,1-2H3,(H,13,15)(H,16,17)/t8-/m0/s1. The van der Waals surface area contributed by atoms with Crippen molar-refractivity contribution in [3.8, 4) is 0 Å². The summed E-state index contributed by atoms with van der Waals surface area (Å²) in [5.74, 6) is -1.46. The largest absolute Gasteiger partial charge is 0.480 e. The summed E-state index contributed by atoms with van der Waals surface area (Å²) in [5, 5.41) is 11.4. The highest BCUT2D eigenvalue weighted by molar-refractivity contribution is 5.94. The molecule has 0 aliphatic rings. The smallest absolute Gasteiger partial charge is 0.326 e. The molecule has 0 radical (unpaired) electrons. The number of carbonyl (C=O) groups is 2. The lowest BCUT2D eigenvalue weighted by Crippen LogP contribution is -2.40. The topological polar surface area (TPSA) is 84.2 Å². The van der Waals surface area contributed by atoms with E-state index in [0.29, 0.717) is 6.42 Å². The molecule has 17 heavy (non-hydrogen) atoms. The first-order valence-corrected chi connectivity index (χ1v) is 5.56. The fourth-order valence-electron chi connectivity index (χ4n) is 1.43. The zero-order valence-electron chi connectivity index (χ0n) is 10.0. The predicted molar refractivity (Wildman–Crippen MR) is 61.6 cm³/mol. The van der Waals surface area contributed by atoms with Crippen molar-refractivity contribution in [1.82, 2.24) is 14.9 Å². The van der Waals surface area contributed by atoms with Gasteiger partial charge in [-0.1, -0.05) is 19.8 Å². The molecule has 6 heteroatoms. The zero-order valence-corrected chi connectivity index (χ0v) is 10.0. The number of hydrogen-bond donors (Lipinski definition) is 2. The molecule has 0 spiro atoms. The second kappa shape index (κ2) is 6.03. The van der Waals surface area contributed by atoms with E-state index in [2.05, 4.69) is 10.3 Å². The van der Waals surface area contributed by atoms with Gasteiger partial charge in [0.25, 0.3) is 5.91 Å². The Morgan fingerprint density at radius 1 is 1.59 bits per heavy atom. The van der Waals surface area contributed by atoms with Crippen molar-refractivity contribution < 1.29 is 14.7 Å². The Bertz CT molecular complexity index is 400. The lowest BCUT2D eigenvalue weighted by molar-refractivity contribution is -0.139. The molecule has 1 rings (SSSR count). The monoisotopic (exact) mass is 239 g/mol. The Labute approximate surface area is 99.7 Å². The zero-order chi connectivity index (χ0) is 12.8. The Morgan fingerprint density at radius 2 is 2.29 bits per heavy atom. The first-order chi connectivity index (χ1) is 8.04. The van der Waals surface area contributed by atoms with Crippen molar-refractivity contribution in [2.75, 3.05) is 0 Å². The highest BCUT2D eigenvalue weighted by Gasteiger charge is 2.20. The SMILES string of the molecule is CCCC[C@H](NC(=O)c1cn(C)cn1)C(=O)O. The van der Waals surface area contributed by atoms with Gasteiger partial charge in [-0.2, -0.15) is 0 Å². The number of nitrogens with zero attached hydrogens (tertiary/aromatic N) is 2. The molecule has 94 valence electrons. The van der Waals surface area contributed by atoms with Crippen LogP contribution in [0.2, 0.25) is 0 Å². The van der Waals surface area contributed by atoms with E-state index in [1.54, 1.807) is 17.8 Å². The van der Waals surface area contributed by atoms with Crippen LogP contribution in [0, 0.1) is 0 Å². The molecule has 0 saturated carbocycles. The molecule has 1 atom stereocenters. The first-order valence-electron chi connectivity index (χ1n) is 5.56. The van der Waals surface area contributed by atoms with Crippen LogP contribution in [-0.4, -0.2) is 32.6 Å². The number of aromatic nitrogens is 2. The maximum atomic E-state index is 11.7. The molecule has 0 bridgehead atoms. The van der Waals surface area contributed by atoms with Crippen LogP contribution in [0.15, 0.2) is 12.5 Å². The number of aryl methyl sites for hydroxylation is 1. The number of amides is 1. The number of carboxylic acid groups (broad SMARTS) is 1. The second-order valence-corrected chi connectivity index (χ2v) is 3.93. The highest BCUT2D eigenvalue weighted by Crippen LogP contribution is 2.03. The molecule has 2 N–H and O–H groups in total. The molecule has 1 aromatic heterocycles. The molecule has 0 saturated heterocycles. The van der Waals surface area contributed by atoms with Crippen LogP contribution in [0.5, 0.6) is 0 Å². The molecule has 0 unspecified atom stereocenters. The number of hydrogen-bond acceptors (Lipinski definition) is 3. The van der Waals surface area contributed by atoms with E-state index < -0.39 is 17.9 Å². The third-order valence-corrected chi connectivity index (χ3v) is 2.39. The molecule has 1 amide bonds. The Kier molecular flexibility index (Phi) is 4.68. The van der Waals surface area contributed by atoms with Gasteiger partial charge >= 0.3 is 5.97 Å². The maximum Gasteiger partial charge on any atom is 0.326 e. The van der Waals surface area contributed by atoms with Crippen molar-refractivity contribution in [3.05, 3.63) is 18.2 Å². The van der Waals surface area contributed by atoms with Crippen molar-refractivity contribution in [2.24, 2.45) is 7.05 Å². The van der Waals surface area contributed by atoms with E-state index in [9.17, 15) is 9.59 Å². The van der Waals surface area contributed by atoms with Crippen molar-refractivity contribution >= 4 is 11.9 Å². The van der Waals surface area contributed by atoms with Crippen LogP contribution in [0.25, 0.3) is 0 Å². The van der Waals surface area contributed by atoms with Gasteiger partial charge in [0.1, 0.15) is 11.7 Å². The predicted octanol–water partition coefficient (Wildman–Crippen LogP) is 0.793. The molecular formula is C11H17N3O3. The third kappa shape index (κ3) is 3.90. The summed E-state index contributed by atoms with van der Waals surface area (Å²) < 4.78 is 1.64. The molecule has 0 aromatic carbocycles. The average molecular weight is 239 g/mol. The van der Waals surface area contributed by atoms with Gasteiger partial charge in [-0.25, -0.2) is 9.78 Å². The fourth-order valence-corrected chi connectivity index (χ4v) is 1.43. The number of aliphatic carboxylic acids is 1. The molecular weight excluding hydrogens is 222 g/mol. The van der Waals surface area contributed by atoms with Crippen molar-refractivity contribution in [1.29, 1.82) is 0 Å². The van der Waals surface area contributed by atoms with E-state index in [-0.39, 0.29) is 5.69 Å². The summed E-state index contributed by atoms with van der Waals surface area (Å²) in [4.78, 5) is 26.5. The third-order valence-electron chi connectivity index (χ3n) is 2.39. The molecule has 1 heterocycles. The average Bonchev–Trinajstić information content (AvgIpc) is 2.70. The van der Waals surface area contributed by atoms with Crippen LogP contribution in [-0.2, 0) is 11.8 Å². The van der Waals surface area contributed by atoms with Gasteiger partial charge in [-0.15, -0.1) is 0 Å². The summed E-state index contributed by atoms with van der Waals surface area (Å²) in [6, 6.07) is -0.843. The molecule has 0 fully saturated rings. The number of nitrogens with one attached hydrogen (secondary N) is 1. The molecule has 0 aliphatic heterocycles. The van der Waals surface area contributed by atoms with Crippen LogP contribution < -0.4 is 5.32 Å². The number of carboxylic acids is 1. The van der Waals surface area contributed by atoms with Gasteiger partial charge in [0.05, 0.1) is 6.33 Å². The molecule has 6 nitrogen and oxygen atoms in total. The van der Waals surface area contributed by atoms with Gasteiger partial charge in [-0.05, 0) is 6.42 Å². The Balaban J connectivity index is 2.60. The maximum absolute atomic E-state index is 11.7. The summed E-state index contributed by atoms with van der Waals surface area (Å²) in [7, 11) is 1.75. The number of imidazole rings is 1. The minimum atomic E-state index is -1.01. The van der Waals surface area contributed by atoms with E-state index in [0.717, 1.165) is 12.8 Å². The summed E-state index contributed by atoms with van der Waals surface area (Å²) in [6.07, 6.45) is 5.14. The lowest BCUT2D eigenvalue weighted by atomic mass is 10.1. The van der Waals surface area contributed by atoms with Gasteiger partial charge in [0.2, 0.25) is 0 Å². The Morgan fingerprint density at radius 3 is 2.76 bits per heavy atom. The van der Waals surface area contributed by atoms with Crippen LogP contribution in [0.4, 0.5) is 0 Å². The van der Waals surface area contributed by atoms with E-state index >= 15 is 0 Å². The van der Waals surface area contributed by atoms with Gasteiger partial charge in [0, 0.05) is 13.2 Å². The fraction of sp³-hybridized carbons (Fsp3) is 0.545. The van der Waals surface area contributed by atoms with Gasteiger partial charge < -0.3 is 15.0 Å². The van der Waals surface area contributed by atoms with Crippen molar-refractivity contribution in [3.63, 3.8) is 0 Å². The molecule has 0 aliphatic carbocycles. The highest BCUT2D eigenvalue weighted by atomic mass is 16.4. The van der Waals surface area contributed by atoms with E-state index in [1.807, 2.05) is 6.92 Å². The van der Waals surface area contributed by atoms with Crippen LogP contribution in [0.1, 0.15) is 36.7 Å². The molecule has 1 aromatic rings. The number of rotatable bonds is 6. The minimum absolute atomic E-state index is 0.232. The summed E-state index contributed by atoms with van der Waals surface area (Å²) in [6.45, 7) is 1.97. The quantitative estimate of drug-likeness (QED) is 0.768. The number of unbranched alkanes of at least 4 members (excludes halogenated alkanes) is 1. The summed E-state index contributed by atoms with van der Waals surface area (Å²) in [5.41, 5.74) is 0.232. The van der Waals surface area contributed by atoms with Crippen molar-refractivity contribution in [2.45, 2.75) is 32.2 Å². The normalized spacial score (nSPS) is 12.1. The summed E-state index contributed by atoms with van der Waals surface area (Å²) >= 11 is 0. The number of carbonyl (C=O) groups excluding carboxylic acids is 1. The van der Waals surface area contributed by atoms with E-state index in [1.165, 1.54) is 6.33 Å².